The summed E-state index contributed by atoms with van der Waals surface area (Å²) >= 11 is 0. The summed E-state index contributed by atoms with van der Waals surface area (Å²) in [6, 6.07) is 0. The minimum absolute atomic E-state index is 0.405. The summed E-state index contributed by atoms with van der Waals surface area (Å²) in [6.07, 6.45) is 3.34. The van der Waals surface area contributed by atoms with Crippen LogP contribution >= 0.6 is 0 Å². The molecule has 0 aliphatic carbocycles. The summed E-state index contributed by atoms with van der Waals surface area (Å²) in [5.74, 6) is 0. The molecule has 1 atom stereocenters. The zero-order valence-corrected chi connectivity index (χ0v) is 4.30. The van der Waals surface area contributed by atoms with Gasteiger partial charge in [0.05, 0.1) is 6.10 Å². The largest absolute Gasteiger partial charge is 0.389 e. The lowest BCUT2D eigenvalue weighted by atomic mass is 10.2. The molecule has 0 bridgehead atoms. The van der Waals surface area contributed by atoms with Gasteiger partial charge in [-0.05, 0) is 6.42 Å². The van der Waals surface area contributed by atoms with E-state index >= 15 is 0 Å². The molecule has 0 aromatic carbocycles. The maximum absolute atomic E-state index is 8.67. The van der Waals surface area contributed by atoms with Gasteiger partial charge in [0.25, 0.3) is 0 Å². The third kappa shape index (κ3) is 3.27. The second-order valence-corrected chi connectivity index (χ2v) is 1.33. The molecular weight excluding hydrogens is 88.1 g/mol. The lowest BCUT2D eigenvalue weighted by Gasteiger charge is -1.95. The summed E-state index contributed by atoms with van der Waals surface area (Å²) in [5.41, 5.74) is 0. The number of aliphatic hydroxyl groups excluding tert-OH is 1. The Balaban J connectivity index is 3.15. The Morgan fingerprint density at radius 1 is 1.57 bits per heavy atom. The van der Waals surface area contributed by atoms with E-state index in [0.29, 0.717) is 6.42 Å². The standard InChI is InChI=1S/C6H10O/c1-3-5-6(7)4-2/h3-4,6-7H,1-2,5H2. The molecule has 0 aromatic heterocycles. The molecule has 0 rings (SSSR count). The lowest BCUT2D eigenvalue weighted by molar-refractivity contribution is 0.227. The molecule has 1 unspecified atom stereocenters. The van der Waals surface area contributed by atoms with Gasteiger partial charge in [0.2, 0.25) is 0 Å². The van der Waals surface area contributed by atoms with Crippen molar-refractivity contribution >= 4 is 0 Å². The van der Waals surface area contributed by atoms with Crippen LogP contribution in [0.15, 0.2) is 25.3 Å². The van der Waals surface area contributed by atoms with Crippen LogP contribution in [0.2, 0.25) is 0 Å². The summed E-state index contributed by atoms with van der Waals surface area (Å²) in [6.45, 7) is 6.82. The van der Waals surface area contributed by atoms with Gasteiger partial charge in [0.15, 0.2) is 0 Å². The van der Waals surface area contributed by atoms with E-state index in [0.717, 1.165) is 0 Å². The van der Waals surface area contributed by atoms with Crippen LogP contribution < -0.4 is 0 Å². The monoisotopic (exact) mass is 98.1 g/mol. The van der Waals surface area contributed by atoms with Crippen molar-refractivity contribution in [2.24, 2.45) is 0 Å². The molecule has 0 aliphatic heterocycles. The average molecular weight is 98.1 g/mol. The van der Waals surface area contributed by atoms with E-state index in [1.165, 1.54) is 6.08 Å². The van der Waals surface area contributed by atoms with E-state index in [9.17, 15) is 0 Å². The highest BCUT2D eigenvalue weighted by atomic mass is 16.3. The molecule has 1 heteroatoms. The van der Waals surface area contributed by atoms with Crippen molar-refractivity contribution in [2.75, 3.05) is 0 Å². The molecule has 7 heavy (non-hydrogen) atoms. The van der Waals surface area contributed by atoms with E-state index in [1.807, 2.05) is 0 Å². The molecule has 0 saturated heterocycles. The molecule has 0 saturated carbocycles. The summed E-state index contributed by atoms with van der Waals surface area (Å²) in [5, 5.41) is 8.67. The first kappa shape index (κ1) is 6.44. The van der Waals surface area contributed by atoms with Gasteiger partial charge in [-0.1, -0.05) is 12.2 Å². The molecule has 0 spiro atoms. The third-order valence-corrected chi connectivity index (χ3v) is 0.680. The zero-order chi connectivity index (χ0) is 5.70. The number of hydrogen-bond acceptors (Lipinski definition) is 1. The molecule has 0 aromatic rings. The second-order valence-electron chi connectivity index (χ2n) is 1.33. The van der Waals surface area contributed by atoms with Crippen molar-refractivity contribution in [1.29, 1.82) is 0 Å². The zero-order valence-electron chi connectivity index (χ0n) is 4.30. The third-order valence-electron chi connectivity index (χ3n) is 0.680. The van der Waals surface area contributed by atoms with Crippen LogP contribution in [0, 0.1) is 0 Å². The quantitative estimate of drug-likeness (QED) is 0.524. The fourth-order valence-corrected chi connectivity index (χ4v) is 0.267. The van der Waals surface area contributed by atoms with Gasteiger partial charge in [-0.3, -0.25) is 0 Å². The Morgan fingerprint density at radius 2 is 2.14 bits per heavy atom. The van der Waals surface area contributed by atoms with Gasteiger partial charge in [-0.25, -0.2) is 0 Å². The predicted molar refractivity (Wildman–Crippen MR) is 31.0 cm³/mol. The minimum atomic E-state index is -0.405. The maximum Gasteiger partial charge on any atom is 0.0752 e. The van der Waals surface area contributed by atoms with Crippen LogP contribution in [0.5, 0.6) is 0 Å². The first-order chi connectivity index (χ1) is 3.31. The van der Waals surface area contributed by atoms with Crippen LogP contribution in [0.4, 0.5) is 0 Å². The molecule has 0 aliphatic rings. The number of rotatable bonds is 3. The van der Waals surface area contributed by atoms with Crippen molar-refractivity contribution in [3.8, 4) is 0 Å². The van der Waals surface area contributed by atoms with E-state index < -0.39 is 6.10 Å². The molecule has 0 amide bonds. The van der Waals surface area contributed by atoms with Crippen molar-refractivity contribution in [1.82, 2.24) is 0 Å². The summed E-state index contributed by atoms with van der Waals surface area (Å²) < 4.78 is 0. The van der Waals surface area contributed by atoms with Gasteiger partial charge < -0.3 is 5.11 Å². The van der Waals surface area contributed by atoms with Crippen LogP contribution in [0.25, 0.3) is 0 Å². The normalized spacial score (nSPS) is 12.7. The lowest BCUT2D eigenvalue weighted by Crippen LogP contribution is -1.96. The van der Waals surface area contributed by atoms with E-state index in [4.69, 9.17) is 5.11 Å². The maximum atomic E-state index is 8.67. The topological polar surface area (TPSA) is 20.2 Å². The Labute approximate surface area is 44.0 Å². The van der Waals surface area contributed by atoms with Gasteiger partial charge >= 0.3 is 0 Å². The molecule has 0 fully saturated rings. The molecule has 0 heterocycles. The fraction of sp³-hybridized carbons (Fsp3) is 0.333. The van der Waals surface area contributed by atoms with Crippen LogP contribution in [0.1, 0.15) is 6.42 Å². The predicted octanol–water partition coefficient (Wildman–Crippen LogP) is 1.11. The fourth-order valence-electron chi connectivity index (χ4n) is 0.267. The summed E-state index contributed by atoms with van der Waals surface area (Å²) in [4.78, 5) is 0. The van der Waals surface area contributed by atoms with E-state index in [-0.39, 0.29) is 0 Å². The Bertz CT molecular complexity index is 66.6. The van der Waals surface area contributed by atoms with Crippen molar-refractivity contribution in [3.05, 3.63) is 25.3 Å². The minimum Gasteiger partial charge on any atom is -0.389 e. The highest BCUT2D eigenvalue weighted by molar-refractivity contribution is 4.84. The highest BCUT2D eigenvalue weighted by Gasteiger charge is 1.88. The second kappa shape index (κ2) is 3.62. The smallest absolute Gasteiger partial charge is 0.0752 e. The van der Waals surface area contributed by atoms with Crippen LogP contribution in [0.3, 0.4) is 0 Å². The van der Waals surface area contributed by atoms with Gasteiger partial charge in [-0.15, -0.1) is 13.2 Å². The number of hydrogen-bond donors (Lipinski definition) is 1. The van der Waals surface area contributed by atoms with Crippen LogP contribution in [-0.2, 0) is 0 Å². The van der Waals surface area contributed by atoms with E-state index in [1.54, 1.807) is 6.08 Å². The Kier molecular flexibility index (Phi) is 3.33. The Morgan fingerprint density at radius 3 is 2.29 bits per heavy atom. The Hall–Kier alpha value is -0.560. The van der Waals surface area contributed by atoms with Crippen molar-refractivity contribution in [2.45, 2.75) is 12.5 Å². The molecule has 1 N–H and O–H groups in total. The van der Waals surface area contributed by atoms with E-state index in [2.05, 4.69) is 13.2 Å². The first-order valence-corrected chi connectivity index (χ1v) is 2.22. The van der Waals surface area contributed by atoms with Gasteiger partial charge in [-0.2, -0.15) is 0 Å². The summed E-state index contributed by atoms with van der Waals surface area (Å²) in [7, 11) is 0. The van der Waals surface area contributed by atoms with Gasteiger partial charge in [0, 0.05) is 0 Å². The molecular formula is C6H10O. The van der Waals surface area contributed by atoms with Gasteiger partial charge in [0.1, 0.15) is 0 Å². The van der Waals surface area contributed by atoms with Crippen LogP contribution in [-0.4, -0.2) is 11.2 Å². The van der Waals surface area contributed by atoms with Crippen molar-refractivity contribution < 1.29 is 5.11 Å². The average Bonchev–Trinajstić information content (AvgIpc) is 1.68. The van der Waals surface area contributed by atoms with Crippen molar-refractivity contribution in [3.63, 3.8) is 0 Å². The SMILES string of the molecule is C=CCC(O)C=C. The number of aliphatic hydroxyl groups is 1. The molecule has 1 nitrogen and oxygen atoms in total. The highest BCUT2D eigenvalue weighted by Crippen LogP contribution is 1.89. The first-order valence-electron chi connectivity index (χ1n) is 2.22. The molecule has 40 valence electrons. The molecule has 0 radical (unpaired) electrons.